The van der Waals surface area contributed by atoms with E-state index in [1.807, 2.05) is 0 Å². The predicted molar refractivity (Wildman–Crippen MR) is 85.7 cm³/mol. The van der Waals surface area contributed by atoms with Gasteiger partial charge in [0.15, 0.2) is 5.13 Å². The van der Waals surface area contributed by atoms with E-state index < -0.39 is 10.0 Å². The molecule has 1 aromatic heterocycles. The molecular weight excluding hydrogens is 306 g/mol. The van der Waals surface area contributed by atoms with E-state index in [1.165, 1.54) is 11.3 Å². The third-order valence-electron chi connectivity index (χ3n) is 3.85. The van der Waals surface area contributed by atoms with Crippen molar-refractivity contribution in [3.8, 4) is 0 Å². The Hall–Kier alpha value is -1.18. The molecular formula is C14H19N3O2S2. The van der Waals surface area contributed by atoms with Crippen molar-refractivity contribution in [3.05, 3.63) is 18.2 Å². The highest BCUT2D eigenvalue weighted by atomic mass is 32.2. The second-order valence-corrected chi connectivity index (χ2v) is 8.95. The highest BCUT2D eigenvalue weighted by Gasteiger charge is 2.31. The van der Waals surface area contributed by atoms with Gasteiger partial charge in [0.25, 0.3) is 0 Å². The van der Waals surface area contributed by atoms with Gasteiger partial charge in [-0.15, -0.1) is 0 Å². The van der Waals surface area contributed by atoms with E-state index in [0.29, 0.717) is 35.0 Å². The van der Waals surface area contributed by atoms with E-state index in [2.05, 4.69) is 18.8 Å². The number of anilines is 1. The summed E-state index contributed by atoms with van der Waals surface area (Å²) in [5, 5.41) is 0.458. The zero-order valence-electron chi connectivity index (χ0n) is 12.1. The molecule has 1 aromatic carbocycles. The zero-order chi connectivity index (χ0) is 15.2. The van der Waals surface area contributed by atoms with Crippen LogP contribution in [0.4, 0.5) is 5.13 Å². The van der Waals surface area contributed by atoms with Crippen molar-refractivity contribution in [3.63, 3.8) is 0 Å². The summed E-state index contributed by atoms with van der Waals surface area (Å²) in [7, 11) is -3.44. The van der Waals surface area contributed by atoms with Gasteiger partial charge in [-0.2, -0.15) is 4.31 Å². The molecule has 1 fully saturated rings. The summed E-state index contributed by atoms with van der Waals surface area (Å²) >= 11 is 1.31. The minimum absolute atomic E-state index is 0.333. The number of benzene rings is 1. The molecule has 21 heavy (non-hydrogen) atoms. The van der Waals surface area contributed by atoms with Crippen LogP contribution >= 0.6 is 11.3 Å². The number of hydrogen-bond donors (Lipinski definition) is 1. The molecule has 114 valence electrons. The SMILES string of the molecule is CC1CC(C)CN(S(=O)(=O)c2ccc3nc(N)sc3c2)C1. The van der Waals surface area contributed by atoms with E-state index in [0.717, 1.165) is 16.6 Å². The van der Waals surface area contributed by atoms with Crippen molar-refractivity contribution >= 4 is 36.7 Å². The minimum atomic E-state index is -3.44. The Morgan fingerprint density at radius 1 is 1.29 bits per heavy atom. The average molecular weight is 325 g/mol. The van der Waals surface area contributed by atoms with Crippen molar-refractivity contribution in [1.82, 2.24) is 9.29 Å². The van der Waals surface area contributed by atoms with Gasteiger partial charge in [0.05, 0.1) is 15.1 Å². The molecule has 0 saturated carbocycles. The van der Waals surface area contributed by atoms with Crippen LogP contribution in [0, 0.1) is 11.8 Å². The number of aromatic nitrogens is 1. The zero-order valence-corrected chi connectivity index (χ0v) is 13.7. The summed E-state index contributed by atoms with van der Waals surface area (Å²) in [6.45, 7) is 5.39. The Kier molecular flexibility index (Phi) is 3.67. The summed E-state index contributed by atoms with van der Waals surface area (Å²) in [4.78, 5) is 4.49. The van der Waals surface area contributed by atoms with Gasteiger partial charge in [-0.1, -0.05) is 25.2 Å². The largest absolute Gasteiger partial charge is 0.375 e. The highest BCUT2D eigenvalue weighted by molar-refractivity contribution is 7.89. The number of nitrogen functional groups attached to an aromatic ring is 1. The Morgan fingerprint density at radius 3 is 2.62 bits per heavy atom. The number of nitrogens with two attached hydrogens (primary N) is 1. The molecule has 0 spiro atoms. The van der Waals surface area contributed by atoms with Gasteiger partial charge < -0.3 is 5.73 Å². The Labute approximate surface area is 128 Å². The lowest BCUT2D eigenvalue weighted by Crippen LogP contribution is -2.42. The van der Waals surface area contributed by atoms with E-state index in [4.69, 9.17) is 5.73 Å². The average Bonchev–Trinajstić information content (AvgIpc) is 2.76. The molecule has 1 aliphatic rings. The van der Waals surface area contributed by atoms with Crippen molar-refractivity contribution in [2.75, 3.05) is 18.8 Å². The molecule has 2 N–H and O–H groups in total. The lowest BCUT2D eigenvalue weighted by atomic mass is 9.94. The van der Waals surface area contributed by atoms with Gasteiger partial charge in [-0.3, -0.25) is 0 Å². The molecule has 0 aliphatic carbocycles. The van der Waals surface area contributed by atoms with Crippen LogP contribution in [-0.2, 0) is 10.0 Å². The minimum Gasteiger partial charge on any atom is -0.375 e. The molecule has 0 bridgehead atoms. The molecule has 2 unspecified atom stereocenters. The fourth-order valence-electron chi connectivity index (χ4n) is 3.03. The molecule has 0 amide bonds. The van der Waals surface area contributed by atoms with Crippen molar-refractivity contribution < 1.29 is 8.42 Å². The summed E-state index contributed by atoms with van der Waals surface area (Å²) in [6, 6.07) is 5.04. The molecule has 1 saturated heterocycles. The van der Waals surface area contributed by atoms with Gasteiger partial charge in [0.1, 0.15) is 0 Å². The van der Waals surface area contributed by atoms with Crippen molar-refractivity contribution in [2.45, 2.75) is 25.2 Å². The summed E-state index contributed by atoms with van der Waals surface area (Å²) < 4.78 is 28.0. The fourth-order valence-corrected chi connectivity index (χ4v) is 5.59. The second-order valence-electron chi connectivity index (χ2n) is 5.95. The van der Waals surface area contributed by atoms with Crippen molar-refractivity contribution in [1.29, 1.82) is 0 Å². The summed E-state index contributed by atoms with van der Waals surface area (Å²) in [6.07, 6.45) is 1.08. The summed E-state index contributed by atoms with van der Waals surface area (Å²) in [5.74, 6) is 0.789. The lowest BCUT2D eigenvalue weighted by Gasteiger charge is -2.34. The topological polar surface area (TPSA) is 76.3 Å². The molecule has 2 heterocycles. The van der Waals surface area contributed by atoms with Crippen LogP contribution in [0.1, 0.15) is 20.3 Å². The fraction of sp³-hybridized carbons (Fsp3) is 0.500. The number of rotatable bonds is 2. The molecule has 1 aliphatic heterocycles. The third kappa shape index (κ3) is 2.77. The maximum atomic E-state index is 12.8. The van der Waals surface area contributed by atoms with Gasteiger partial charge in [-0.05, 0) is 36.5 Å². The molecule has 2 aromatic rings. The van der Waals surface area contributed by atoms with E-state index in [-0.39, 0.29) is 0 Å². The van der Waals surface area contributed by atoms with Crippen LogP contribution in [0.25, 0.3) is 10.2 Å². The van der Waals surface area contributed by atoms with Crippen LogP contribution in [0.5, 0.6) is 0 Å². The Morgan fingerprint density at radius 2 is 1.95 bits per heavy atom. The third-order valence-corrected chi connectivity index (χ3v) is 6.52. The predicted octanol–water partition coefficient (Wildman–Crippen LogP) is 2.55. The Balaban J connectivity index is 1.99. The van der Waals surface area contributed by atoms with Crippen LogP contribution in [0.3, 0.4) is 0 Å². The Bertz CT molecular complexity index is 760. The van der Waals surface area contributed by atoms with Gasteiger partial charge in [0.2, 0.25) is 10.0 Å². The van der Waals surface area contributed by atoms with E-state index in [9.17, 15) is 8.42 Å². The maximum absolute atomic E-state index is 12.8. The highest BCUT2D eigenvalue weighted by Crippen LogP contribution is 2.30. The first-order valence-electron chi connectivity index (χ1n) is 7.02. The van der Waals surface area contributed by atoms with E-state index >= 15 is 0 Å². The maximum Gasteiger partial charge on any atom is 0.243 e. The van der Waals surface area contributed by atoms with Gasteiger partial charge in [0, 0.05) is 13.1 Å². The number of hydrogen-bond acceptors (Lipinski definition) is 5. The first-order chi connectivity index (χ1) is 9.86. The summed E-state index contributed by atoms with van der Waals surface area (Å²) in [5.41, 5.74) is 6.42. The molecule has 2 atom stereocenters. The van der Waals surface area contributed by atoms with E-state index in [1.54, 1.807) is 22.5 Å². The monoisotopic (exact) mass is 325 g/mol. The van der Waals surface area contributed by atoms with Gasteiger partial charge >= 0.3 is 0 Å². The number of piperidine rings is 1. The van der Waals surface area contributed by atoms with Crippen molar-refractivity contribution in [2.24, 2.45) is 11.8 Å². The van der Waals surface area contributed by atoms with Gasteiger partial charge in [-0.25, -0.2) is 13.4 Å². The molecule has 7 heteroatoms. The molecule has 3 rings (SSSR count). The molecule has 5 nitrogen and oxygen atoms in total. The number of fused-ring (bicyclic) bond motifs is 1. The quantitative estimate of drug-likeness (QED) is 0.920. The normalized spacial score (nSPS) is 24.5. The number of sulfonamides is 1. The lowest BCUT2D eigenvalue weighted by molar-refractivity contribution is 0.222. The standard InChI is InChI=1S/C14H19N3O2S2/c1-9-5-10(2)8-17(7-9)21(18,19)11-3-4-12-13(6-11)20-14(15)16-12/h3-4,6,9-10H,5,7-8H2,1-2H3,(H2,15,16). The van der Waals surface area contributed by atoms with Crippen LogP contribution < -0.4 is 5.73 Å². The number of thiazole rings is 1. The van der Waals surface area contributed by atoms with Crippen LogP contribution in [0.15, 0.2) is 23.1 Å². The first kappa shape index (κ1) is 14.7. The number of nitrogens with zero attached hydrogens (tertiary/aromatic N) is 2. The van der Waals surface area contributed by atoms with Crippen LogP contribution in [0.2, 0.25) is 0 Å². The first-order valence-corrected chi connectivity index (χ1v) is 9.28. The second kappa shape index (κ2) is 5.23. The van der Waals surface area contributed by atoms with Crippen LogP contribution in [-0.4, -0.2) is 30.8 Å². The molecule has 0 radical (unpaired) electrons. The smallest absolute Gasteiger partial charge is 0.243 e.